The second-order valence-electron chi connectivity index (χ2n) is 6.22. The summed E-state index contributed by atoms with van der Waals surface area (Å²) < 4.78 is 0. The largest absolute Gasteiger partial charge is 0.393 e. The van der Waals surface area contributed by atoms with Crippen LogP contribution in [0.5, 0.6) is 0 Å². The van der Waals surface area contributed by atoms with Crippen LogP contribution >= 0.6 is 11.8 Å². The predicted molar refractivity (Wildman–Crippen MR) is 120 cm³/mol. The lowest BCUT2D eigenvalue weighted by molar-refractivity contribution is 0.0967. The van der Waals surface area contributed by atoms with Crippen molar-refractivity contribution in [2.75, 3.05) is 14.1 Å². The van der Waals surface area contributed by atoms with Crippen LogP contribution < -0.4 is 10.6 Å². The lowest BCUT2D eigenvalue weighted by Gasteiger charge is -2.34. The standard InChI is InChI=1S/C11H21N3OS.C6H14.2C2H6/c1-12-11-13-7-10(16-11)14(2)8-3-5-9(15)6-4-8;1-3-5-6-4-2;2*1-2/h7-9,11-13,15H,3-6H2,1-2H3;3-6H2,1-2H3;2*1-2H3. The molecule has 0 aromatic heterocycles. The number of nitrogens with zero attached hydrogens (tertiary/aromatic N) is 1. The number of rotatable bonds is 6. The highest BCUT2D eigenvalue weighted by atomic mass is 32.2. The average molecular weight is 390 g/mol. The van der Waals surface area contributed by atoms with Gasteiger partial charge in [-0.1, -0.05) is 79.0 Å². The van der Waals surface area contributed by atoms with Gasteiger partial charge in [-0.2, -0.15) is 0 Å². The molecule has 0 radical (unpaired) electrons. The van der Waals surface area contributed by atoms with Gasteiger partial charge in [0.15, 0.2) is 0 Å². The van der Waals surface area contributed by atoms with Crippen LogP contribution in [0.3, 0.4) is 0 Å². The van der Waals surface area contributed by atoms with Crippen LogP contribution in [0.1, 0.15) is 92.9 Å². The quantitative estimate of drug-likeness (QED) is 0.524. The fourth-order valence-corrected chi connectivity index (χ4v) is 3.74. The summed E-state index contributed by atoms with van der Waals surface area (Å²) in [5.41, 5.74) is 0.298. The monoisotopic (exact) mass is 389 g/mol. The highest BCUT2D eigenvalue weighted by Gasteiger charge is 2.27. The molecule has 0 bridgehead atoms. The second-order valence-corrected chi connectivity index (χ2v) is 7.34. The first-order chi connectivity index (χ1) is 12.6. The number of nitrogens with one attached hydrogen (secondary N) is 2. The normalized spacial score (nSPS) is 23.7. The molecule has 5 heteroatoms. The van der Waals surface area contributed by atoms with Crippen LogP contribution in [0.25, 0.3) is 0 Å². The van der Waals surface area contributed by atoms with E-state index in [-0.39, 0.29) is 6.10 Å². The first-order valence-corrected chi connectivity index (χ1v) is 11.7. The van der Waals surface area contributed by atoms with Crippen LogP contribution in [0.4, 0.5) is 0 Å². The Morgan fingerprint density at radius 2 is 1.58 bits per heavy atom. The summed E-state index contributed by atoms with van der Waals surface area (Å²) in [6, 6.07) is 0.583. The van der Waals surface area contributed by atoms with Crippen molar-refractivity contribution in [2.24, 2.45) is 0 Å². The van der Waals surface area contributed by atoms with Crippen LogP contribution in [-0.2, 0) is 0 Å². The van der Waals surface area contributed by atoms with Gasteiger partial charge in [-0.3, -0.25) is 5.32 Å². The molecule has 0 spiro atoms. The van der Waals surface area contributed by atoms with E-state index in [2.05, 4.69) is 42.6 Å². The molecular weight excluding hydrogens is 342 g/mol. The lowest BCUT2D eigenvalue weighted by atomic mass is 9.92. The lowest BCUT2D eigenvalue weighted by Crippen LogP contribution is -2.35. The summed E-state index contributed by atoms with van der Waals surface area (Å²) in [7, 11) is 4.11. The van der Waals surface area contributed by atoms with Crippen LogP contribution in [0, 0.1) is 0 Å². The summed E-state index contributed by atoms with van der Waals surface area (Å²) >= 11 is 1.82. The van der Waals surface area contributed by atoms with E-state index in [0.717, 1.165) is 25.7 Å². The molecule has 1 aliphatic carbocycles. The average Bonchev–Trinajstić information content (AvgIpc) is 3.19. The molecule has 0 aromatic carbocycles. The Bertz CT molecular complexity index is 314. The van der Waals surface area contributed by atoms with Gasteiger partial charge in [-0.05, 0) is 32.7 Å². The maximum atomic E-state index is 9.49. The maximum absolute atomic E-state index is 9.49. The molecule has 0 amide bonds. The smallest absolute Gasteiger partial charge is 0.131 e. The van der Waals surface area contributed by atoms with Gasteiger partial charge in [-0.15, -0.1) is 0 Å². The molecular formula is C21H47N3OS. The van der Waals surface area contributed by atoms with Crippen LogP contribution in [0.2, 0.25) is 0 Å². The van der Waals surface area contributed by atoms with E-state index in [1.807, 2.05) is 46.5 Å². The van der Waals surface area contributed by atoms with E-state index in [1.165, 1.54) is 30.7 Å². The van der Waals surface area contributed by atoms with Crippen molar-refractivity contribution in [2.45, 2.75) is 111 Å². The Morgan fingerprint density at radius 3 is 1.96 bits per heavy atom. The Kier molecular flexibility index (Phi) is 20.7. The Morgan fingerprint density at radius 1 is 1.08 bits per heavy atom. The molecule has 0 aromatic rings. The first-order valence-electron chi connectivity index (χ1n) is 10.8. The molecule has 1 heterocycles. The van der Waals surface area contributed by atoms with Crippen molar-refractivity contribution < 1.29 is 5.11 Å². The minimum atomic E-state index is -0.0713. The summed E-state index contributed by atoms with van der Waals surface area (Å²) in [5.74, 6) is 0. The van der Waals surface area contributed by atoms with E-state index >= 15 is 0 Å². The predicted octanol–water partition coefficient (Wildman–Crippen LogP) is 5.50. The molecule has 1 saturated carbocycles. The van der Waals surface area contributed by atoms with Gasteiger partial charge in [0.05, 0.1) is 11.1 Å². The summed E-state index contributed by atoms with van der Waals surface area (Å²) in [5, 5.41) is 17.3. The number of hydrogen-bond donors (Lipinski definition) is 3. The molecule has 4 nitrogen and oxygen atoms in total. The minimum Gasteiger partial charge on any atom is -0.393 e. The summed E-state index contributed by atoms with van der Waals surface area (Å²) in [6.45, 7) is 12.5. The fourth-order valence-electron chi connectivity index (χ4n) is 2.79. The van der Waals surface area contributed by atoms with Crippen molar-refractivity contribution in [1.29, 1.82) is 0 Å². The SMILES string of the molecule is CC.CC.CCCCCC.CNC1NC=C(N(C)C2CCC(O)CC2)S1. The third-order valence-electron chi connectivity index (χ3n) is 4.38. The van der Waals surface area contributed by atoms with Gasteiger partial charge in [-0.25, -0.2) is 0 Å². The minimum absolute atomic E-state index is 0.0713. The van der Waals surface area contributed by atoms with Gasteiger partial charge >= 0.3 is 0 Å². The molecule has 1 fully saturated rings. The van der Waals surface area contributed by atoms with E-state index in [9.17, 15) is 5.11 Å². The van der Waals surface area contributed by atoms with Crippen molar-refractivity contribution in [3.63, 3.8) is 0 Å². The second kappa shape index (κ2) is 19.4. The molecule has 0 saturated heterocycles. The molecule has 3 N–H and O–H groups in total. The third kappa shape index (κ3) is 12.1. The van der Waals surface area contributed by atoms with Crippen molar-refractivity contribution >= 4 is 11.8 Å². The molecule has 2 rings (SSSR count). The van der Waals surface area contributed by atoms with Gasteiger partial charge in [0, 0.05) is 19.3 Å². The highest BCUT2D eigenvalue weighted by Crippen LogP contribution is 2.32. The third-order valence-corrected chi connectivity index (χ3v) is 5.63. The molecule has 2 aliphatic rings. The van der Waals surface area contributed by atoms with E-state index in [4.69, 9.17) is 0 Å². The number of unbranched alkanes of at least 4 members (excludes halogenated alkanes) is 3. The topological polar surface area (TPSA) is 47.5 Å². The molecule has 158 valence electrons. The summed E-state index contributed by atoms with van der Waals surface area (Å²) in [6.07, 6.45) is 11.6. The van der Waals surface area contributed by atoms with Crippen molar-refractivity contribution in [1.82, 2.24) is 15.5 Å². The van der Waals surface area contributed by atoms with E-state index in [0.29, 0.717) is 11.5 Å². The van der Waals surface area contributed by atoms with Gasteiger partial charge in [0.25, 0.3) is 0 Å². The highest BCUT2D eigenvalue weighted by molar-refractivity contribution is 8.03. The molecule has 1 aliphatic heterocycles. The first kappa shape index (κ1) is 27.8. The van der Waals surface area contributed by atoms with Gasteiger partial charge < -0.3 is 15.3 Å². The summed E-state index contributed by atoms with van der Waals surface area (Å²) in [4.78, 5) is 2.35. The van der Waals surface area contributed by atoms with Gasteiger partial charge in [0.2, 0.25) is 0 Å². The molecule has 1 unspecified atom stereocenters. The van der Waals surface area contributed by atoms with Crippen LogP contribution in [0.15, 0.2) is 11.2 Å². The number of aliphatic hydroxyl groups is 1. The Balaban J connectivity index is 0. The zero-order valence-corrected chi connectivity index (χ0v) is 19.6. The Hall–Kier alpha value is -0.390. The Labute approximate surface area is 168 Å². The van der Waals surface area contributed by atoms with E-state index < -0.39 is 0 Å². The number of hydrogen-bond acceptors (Lipinski definition) is 5. The number of aliphatic hydroxyl groups excluding tert-OH is 1. The zero-order chi connectivity index (χ0) is 20.4. The van der Waals surface area contributed by atoms with Gasteiger partial charge in [0.1, 0.15) is 5.50 Å². The number of thioether (sulfide) groups is 1. The van der Waals surface area contributed by atoms with Crippen molar-refractivity contribution in [3.05, 3.63) is 11.2 Å². The van der Waals surface area contributed by atoms with Crippen molar-refractivity contribution in [3.8, 4) is 0 Å². The maximum Gasteiger partial charge on any atom is 0.131 e. The molecule has 26 heavy (non-hydrogen) atoms. The zero-order valence-electron chi connectivity index (χ0n) is 18.8. The molecule has 1 atom stereocenters. The fraction of sp³-hybridized carbons (Fsp3) is 0.905. The van der Waals surface area contributed by atoms with E-state index in [1.54, 1.807) is 0 Å². The van der Waals surface area contributed by atoms with Crippen LogP contribution in [-0.4, -0.2) is 41.7 Å².